The van der Waals surface area contributed by atoms with Gasteiger partial charge < -0.3 is 14.4 Å². The zero-order valence-corrected chi connectivity index (χ0v) is 16.0. The molecule has 2 aliphatic heterocycles. The van der Waals surface area contributed by atoms with Gasteiger partial charge in [0.25, 0.3) is 0 Å². The Morgan fingerprint density at radius 1 is 1.21 bits per heavy atom. The van der Waals surface area contributed by atoms with Gasteiger partial charge in [-0.25, -0.2) is 0 Å². The Bertz CT molecular complexity index is 987. The number of hydrogen-bond donors (Lipinski definition) is 0. The molecule has 3 aromatic rings. The van der Waals surface area contributed by atoms with E-state index in [1.807, 2.05) is 39.9 Å². The fourth-order valence-electron chi connectivity index (χ4n) is 3.71. The molecule has 2 aromatic heterocycles. The SMILES string of the molecule is O=C(Cn1nnc(-c2ccsc2)n1)N1CCC[C@H]1c1ccc2c(c1)OCCO2. The second-order valence-electron chi connectivity index (χ2n) is 6.80. The van der Waals surface area contributed by atoms with Crippen LogP contribution in [0.1, 0.15) is 24.4 Å². The highest BCUT2D eigenvalue weighted by atomic mass is 32.1. The van der Waals surface area contributed by atoms with Crippen LogP contribution in [0.2, 0.25) is 0 Å². The fourth-order valence-corrected chi connectivity index (χ4v) is 4.34. The van der Waals surface area contributed by atoms with Crippen molar-refractivity contribution in [1.29, 1.82) is 0 Å². The van der Waals surface area contributed by atoms with Crippen LogP contribution in [-0.2, 0) is 11.3 Å². The zero-order chi connectivity index (χ0) is 18.9. The summed E-state index contributed by atoms with van der Waals surface area (Å²) in [4.78, 5) is 16.2. The van der Waals surface area contributed by atoms with Crippen molar-refractivity contribution in [2.45, 2.75) is 25.4 Å². The van der Waals surface area contributed by atoms with Crippen LogP contribution in [0.15, 0.2) is 35.0 Å². The molecule has 0 aliphatic carbocycles. The van der Waals surface area contributed by atoms with Gasteiger partial charge in [-0.05, 0) is 47.2 Å². The van der Waals surface area contributed by atoms with Crippen molar-refractivity contribution >= 4 is 17.2 Å². The predicted octanol–water partition coefficient (Wildman–Crippen LogP) is 2.54. The molecule has 9 heteroatoms. The highest BCUT2D eigenvalue weighted by Crippen LogP contribution is 2.38. The first-order valence-electron chi connectivity index (χ1n) is 9.27. The summed E-state index contributed by atoms with van der Waals surface area (Å²) in [6, 6.07) is 7.91. The third-order valence-corrected chi connectivity index (χ3v) is 5.72. The van der Waals surface area contributed by atoms with E-state index in [4.69, 9.17) is 9.47 Å². The third-order valence-electron chi connectivity index (χ3n) is 5.03. The van der Waals surface area contributed by atoms with E-state index in [2.05, 4.69) is 15.4 Å². The minimum absolute atomic E-state index is 0.00772. The topological polar surface area (TPSA) is 82.4 Å². The number of ether oxygens (including phenoxy) is 2. The molecule has 8 nitrogen and oxygen atoms in total. The second-order valence-corrected chi connectivity index (χ2v) is 7.58. The molecule has 0 bridgehead atoms. The van der Waals surface area contributed by atoms with Crippen LogP contribution >= 0.6 is 11.3 Å². The third kappa shape index (κ3) is 3.22. The Morgan fingerprint density at radius 2 is 2.11 bits per heavy atom. The predicted molar refractivity (Wildman–Crippen MR) is 102 cm³/mol. The Balaban J connectivity index is 1.32. The van der Waals surface area contributed by atoms with Crippen LogP contribution in [0.4, 0.5) is 0 Å². The lowest BCUT2D eigenvalue weighted by Crippen LogP contribution is -2.34. The molecule has 2 aliphatic rings. The van der Waals surface area contributed by atoms with E-state index in [0.29, 0.717) is 19.0 Å². The minimum Gasteiger partial charge on any atom is -0.486 e. The molecule has 1 atom stereocenters. The summed E-state index contributed by atoms with van der Waals surface area (Å²) in [7, 11) is 0. The molecule has 0 N–H and O–H groups in total. The number of thiophene rings is 1. The van der Waals surface area contributed by atoms with Crippen molar-refractivity contribution < 1.29 is 14.3 Å². The number of tetrazole rings is 1. The average Bonchev–Trinajstić information content (AvgIpc) is 3.48. The summed E-state index contributed by atoms with van der Waals surface area (Å²) in [6.07, 6.45) is 1.89. The first kappa shape index (κ1) is 17.2. The number of nitrogens with zero attached hydrogens (tertiary/aromatic N) is 5. The van der Waals surface area contributed by atoms with E-state index >= 15 is 0 Å². The van der Waals surface area contributed by atoms with Gasteiger partial charge in [0.05, 0.1) is 6.04 Å². The number of fused-ring (bicyclic) bond motifs is 1. The molecule has 0 radical (unpaired) electrons. The van der Waals surface area contributed by atoms with Crippen LogP contribution in [-0.4, -0.2) is 50.8 Å². The van der Waals surface area contributed by atoms with E-state index in [-0.39, 0.29) is 18.5 Å². The molecule has 1 saturated heterocycles. The van der Waals surface area contributed by atoms with Crippen molar-refractivity contribution in [3.05, 3.63) is 40.6 Å². The maximum Gasteiger partial charge on any atom is 0.246 e. The molecule has 1 amide bonds. The number of amides is 1. The Morgan fingerprint density at radius 3 is 2.96 bits per heavy atom. The molecular formula is C19H19N5O3S. The van der Waals surface area contributed by atoms with Gasteiger partial charge in [-0.1, -0.05) is 6.07 Å². The van der Waals surface area contributed by atoms with Gasteiger partial charge >= 0.3 is 0 Å². The van der Waals surface area contributed by atoms with Crippen LogP contribution in [0.25, 0.3) is 11.4 Å². The van der Waals surface area contributed by atoms with Gasteiger partial charge in [0.2, 0.25) is 11.7 Å². The Labute approximate surface area is 165 Å². The Kier molecular flexibility index (Phi) is 4.44. The lowest BCUT2D eigenvalue weighted by Gasteiger charge is -2.26. The number of rotatable bonds is 4. The summed E-state index contributed by atoms with van der Waals surface area (Å²) in [5.41, 5.74) is 1.99. The van der Waals surface area contributed by atoms with Crippen LogP contribution in [0.5, 0.6) is 11.5 Å². The van der Waals surface area contributed by atoms with E-state index in [9.17, 15) is 4.79 Å². The zero-order valence-electron chi connectivity index (χ0n) is 15.2. The van der Waals surface area contributed by atoms with Crippen LogP contribution < -0.4 is 9.47 Å². The van der Waals surface area contributed by atoms with E-state index < -0.39 is 0 Å². The largest absolute Gasteiger partial charge is 0.486 e. The summed E-state index contributed by atoms with van der Waals surface area (Å²) < 4.78 is 11.3. The molecule has 28 heavy (non-hydrogen) atoms. The molecule has 144 valence electrons. The highest BCUT2D eigenvalue weighted by Gasteiger charge is 2.31. The van der Waals surface area contributed by atoms with Crippen molar-refractivity contribution in [3.8, 4) is 22.9 Å². The van der Waals surface area contributed by atoms with Gasteiger partial charge in [0.1, 0.15) is 19.8 Å². The van der Waals surface area contributed by atoms with E-state index in [1.165, 1.54) is 4.80 Å². The maximum absolute atomic E-state index is 12.9. The molecule has 0 spiro atoms. The maximum atomic E-state index is 12.9. The first-order chi connectivity index (χ1) is 13.8. The molecular weight excluding hydrogens is 378 g/mol. The van der Waals surface area contributed by atoms with Crippen molar-refractivity contribution in [1.82, 2.24) is 25.1 Å². The normalized spacial score (nSPS) is 18.4. The van der Waals surface area contributed by atoms with Crippen LogP contribution in [0, 0.1) is 0 Å². The average molecular weight is 397 g/mol. The van der Waals surface area contributed by atoms with E-state index in [0.717, 1.165) is 42.0 Å². The van der Waals surface area contributed by atoms with E-state index in [1.54, 1.807) is 11.3 Å². The summed E-state index contributed by atoms with van der Waals surface area (Å²) in [6.45, 7) is 1.93. The summed E-state index contributed by atoms with van der Waals surface area (Å²) in [5.74, 6) is 2.05. The number of carbonyl (C=O) groups excluding carboxylic acids is 1. The van der Waals surface area contributed by atoms with Gasteiger partial charge in [0.15, 0.2) is 11.5 Å². The number of likely N-dealkylation sites (tertiary alicyclic amines) is 1. The molecule has 5 rings (SSSR count). The van der Waals surface area contributed by atoms with Gasteiger partial charge in [-0.3, -0.25) is 4.79 Å². The fraction of sp³-hybridized carbons (Fsp3) is 0.368. The standard InChI is InChI=1S/C19H19N5O3S/c25-18(11-24-21-19(20-22-24)14-5-9-28-12-14)23-6-1-2-15(23)13-3-4-16-17(10-13)27-8-7-26-16/h3-5,9-10,12,15H,1-2,6-8,11H2/t15-/m0/s1. The molecule has 1 fully saturated rings. The number of carbonyl (C=O) groups is 1. The quantitative estimate of drug-likeness (QED) is 0.673. The van der Waals surface area contributed by atoms with Crippen molar-refractivity contribution in [2.75, 3.05) is 19.8 Å². The lowest BCUT2D eigenvalue weighted by molar-refractivity contribution is -0.133. The van der Waals surface area contributed by atoms with Gasteiger partial charge in [-0.2, -0.15) is 16.1 Å². The van der Waals surface area contributed by atoms with Gasteiger partial charge in [0, 0.05) is 17.5 Å². The number of hydrogen-bond acceptors (Lipinski definition) is 7. The molecule has 0 unspecified atom stereocenters. The number of benzene rings is 1. The lowest BCUT2D eigenvalue weighted by atomic mass is 10.0. The molecule has 1 aromatic carbocycles. The van der Waals surface area contributed by atoms with Crippen molar-refractivity contribution in [2.24, 2.45) is 0 Å². The van der Waals surface area contributed by atoms with Crippen molar-refractivity contribution in [3.63, 3.8) is 0 Å². The number of aromatic nitrogens is 4. The minimum atomic E-state index is -0.00772. The summed E-state index contributed by atoms with van der Waals surface area (Å²) in [5, 5.41) is 16.3. The first-order valence-corrected chi connectivity index (χ1v) is 10.2. The molecule has 0 saturated carbocycles. The summed E-state index contributed by atoms with van der Waals surface area (Å²) >= 11 is 1.57. The monoisotopic (exact) mass is 397 g/mol. The van der Waals surface area contributed by atoms with Gasteiger partial charge in [-0.15, -0.1) is 10.2 Å². The highest BCUT2D eigenvalue weighted by molar-refractivity contribution is 7.08. The second kappa shape index (κ2) is 7.23. The molecule has 4 heterocycles. The van der Waals surface area contributed by atoms with Crippen LogP contribution in [0.3, 0.4) is 0 Å². The smallest absolute Gasteiger partial charge is 0.246 e. The Hall–Kier alpha value is -2.94.